The number of hydrogen-bond donors (Lipinski definition) is 2. The zero-order chi connectivity index (χ0) is 14.0. The van der Waals surface area contributed by atoms with Gasteiger partial charge in [0, 0.05) is 8.59 Å². The number of nitrogens with two attached hydrogens (primary N) is 1. The van der Waals surface area contributed by atoms with Gasteiger partial charge in [-0.3, -0.25) is 4.79 Å². The first-order valence-corrected chi connectivity index (χ1v) is 6.74. The lowest BCUT2D eigenvalue weighted by Crippen LogP contribution is -2.14. The largest absolute Gasteiger partial charge is 0.397 e. The molecule has 0 aromatic heterocycles. The van der Waals surface area contributed by atoms with Crippen molar-refractivity contribution in [2.75, 3.05) is 11.1 Å². The van der Waals surface area contributed by atoms with E-state index in [1.54, 1.807) is 18.2 Å². The summed E-state index contributed by atoms with van der Waals surface area (Å²) in [4.78, 5) is 12.1. The molecule has 2 aromatic rings. The number of nitrogen functional groups attached to an aromatic ring is 1. The van der Waals surface area contributed by atoms with Gasteiger partial charge in [-0.2, -0.15) is 0 Å². The second-order valence-electron chi connectivity index (χ2n) is 3.81. The van der Waals surface area contributed by atoms with Crippen LogP contribution in [0.15, 0.2) is 36.4 Å². The topological polar surface area (TPSA) is 55.1 Å². The third-order valence-electron chi connectivity index (χ3n) is 2.44. The molecule has 2 rings (SSSR count). The number of nitrogens with one attached hydrogen (secondary N) is 1. The number of amides is 1. The molecule has 3 N–H and O–H groups in total. The Balaban J connectivity index is 2.25. The number of carbonyl (C=O) groups is 1. The highest BCUT2D eigenvalue weighted by Crippen LogP contribution is 2.24. The highest BCUT2D eigenvalue weighted by atomic mass is 127. The van der Waals surface area contributed by atoms with Crippen molar-refractivity contribution in [2.24, 2.45) is 0 Å². The summed E-state index contributed by atoms with van der Waals surface area (Å²) >= 11 is 7.68. The van der Waals surface area contributed by atoms with Crippen LogP contribution in [-0.4, -0.2) is 5.91 Å². The van der Waals surface area contributed by atoms with Crippen molar-refractivity contribution < 1.29 is 9.18 Å². The molecule has 3 nitrogen and oxygen atoms in total. The first-order chi connectivity index (χ1) is 8.97. The summed E-state index contributed by atoms with van der Waals surface area (Å²) in [6.07, 6.45) is 0. The van der Waals surface area contributed by atoms with E-state index in [1.165, 1.54) is 18.2 Å². The van der Waals surface area contributed by atoms with Gasteiger partial charge in [0.25, 0.3) is 5.91 Å². The van der Waals surface area contributed by atoms with E-state index in [1.807, 2.05) is 22.6 Å². The van der Waals surface area contributed by atoms with Crippen molar-refractivity contribution in [3.05, 3.63) is 56.4 Å². The molecule has 0 fully saturated rings. The van der Waals surface area contributed by atoms with E-state index in [0.717, 1.165) is 0 Å². The summed E-state index contributed by atoms with van der Waals surface area (Å²) in [7, 11) is 0. The number of carbonyl (C=O) groups excluding carboxylic acids is 1. The fourth-order valence-corrected chi connectivity index (χ4v) is 2.41. The average molecular weight is 391 g/mol. The van der Waals surface area contributed by atoms with Crippen LogP contribution in [0.5, 0.6) is 0 Å². The van der Waals surface area contributed by atoms with E-state index < -0.39 is 0 Å². The Morgan fingerprint density at radius 1 is 1.26 bits per heavy atom. The van der Waals surface area contributed by atoms with Crippen molar-refractivity contribution in [3.63, 3.8) is 0 Å². The standard InChI is InChI=1S/C13H9ClFIN2O/c14-7-1-4-12(11(17)5-7)18-13(19)9-3-2-8(15)6-10(9)16/h1-6H,17H2,(H,18,19). The van der Waals surface area contributed by atoms with Crippen LogP contribution in [0.3, 0.4) is 0 Å². The van der Waals surface area contributed by atoms with Crippen molar-refractivity contribution in [1.29, 1.82) is 0 Å². The van der Waals surface area contributed by atoms with Crippen molar-refractivity contribution in [3.8, 4) is 0 Å². The Morgan fingerprint density at radius 3 is 2.63 bits per heavy atom. The molecule has 0 atom stereocenters. The monoisotopic (exact) mass is 390 g/mol. The molecule has 0 bridgehead atoms. The van der Waals surface area contributed by atoms with Gasteiger partial charge in [0.1, 0.15) is 5.82 Å². The Bertz CT molecular complexity index is 649. The lowest BCUT2D eigenvalue weighted by atomic mass is 10.2. The Morgan fingerprint density at radius 2 is 2.00 bits per heavy atom. The summed E-state index contributed by atoms with van der Waals surface area (Å²) in [5.41, 5.74) is 6.97. The molecular weight excluding hydrogens is 382 g/mol. The highest BCUT2D eigenvalue weighted by molar-refractivity contribution is 14.1. The predicted octanol–water partition coefficient (Wildman–Crippen LogP) is 3.92. The molecule has 0 radical (unpaired) electrons. The normalized spacial score (nSPS) is 10.3. The summed E-state index contributed by atoms with van der Waals surface area (Å²) in [5.74, 6) is -0.731. The van der Waals surface area contributed by atoms with Gasteiger partial charge in [-0.05, 0) is 59.0 Å². The van der Waals surface area contributed by atoms with Crippen LogP contribution in [0, 0.1) is 9.39 Å². The van der Waals surface area contributed by atoms with Gasteiger partial charge in [-0.1, -0.05) is 11.6 Å². The number of rotatable bonds is 2. The number of hydrogen-bond acceptors (Lipinski definition) is 2. The van der Waals surface area contributed by atoms with Crippen LogP contribution >= 0.6 is 34.2 Å². The second kappa shape index (κ2) is 5.75. The van der Waals surface area contributed by atoms with E-state index in [-0.39, 0.29) is 11.7 Å². The Hall–Kier alpha value is -1.34. The zero-order valence-corrected chi connectivity index (χ0v) is 12.5. The SMILES string of the molecule is Nc1cc(Cl)ccc1NC(=O)c1ccc(F)cc1I. The van der Waals surface area contributed by atoms with E-state index >= 15 is 0 Å². The van der Waals surface area contributed by atoms with Crippen LogP contribution < -0.4 is 11.1 Å². The molecule has 98 valence electrons. The van der Waals surface area contributed by atoms with Crippen LogP contribution in [0.2, 0.25) is 5.02 Å². The predicted molar refractivity (Wildman–Crippen MR) is 82.9 cm³/mol. The summed E-state index contributed by atoms with van der Waals surface area (Å²) in [6.45, 7) is 0. The van der Waals surface area contributed by atoms with Crippen LogP contribution in [0.1, 0.15) is 10.4 Å². The van der Waals surface area contributed by atoms with Crippen LogP contribution in [0.4, 0.5) is 15.8 Å². The quantitative estimate of drug-likeness (QED) is 0.603. The fourth-order valence-electron chi connectivity index (χ4n) is 1.51. The van der Waals surface area contributed by atoms with Gasteiger partial charge in [0.2, 0.25) is 0 Å². The summed E-state index contributed by atoms with van der Waals surface area (Å²) in [6, 6.07) is 8.75. The maximum absolute atomic E-state index is 13.0. The zero-order valence-electron chi connectivity index (χ0n) is 9.58. The van der Waals surface area contributed by atoms with Gasteiger partial charge < -0.3 is 11.1 Å². The lowest BCUT2D eigenvalue weighted by molar-refractivity contribution is 0.102. The lowest BCUT2D eigenvalue weighted by Gasteiger charge is -2.09. The van der Waals surface area contributed by atoms with Crippen molar-refractivity contribution in [2.45, 2.75) is 0 Å². The molecule has 6 heteroatoms. The Kier molecular flexibility index (Phi) is 4.26. The van der Waals surface area contributed by atoms with Gasteiger partial charge in [0.15, 0.2) is 0 Å². The number of anilines is 2. The van der Waals surface area contributed by atoms with Gasteiger partial charge >= 0.3 is 0 Å². The molecule has 2 aromatic carbocycles. The molecular formula is C13H9ClFIN2O. The number of halogens is 3. The molecule has 0 heterocycles. The van der Waals surface area contributed by atoms with Crippen LogP contribution in [-0.2, 0) is 0 Å². The maximum atomic E-state index is 13.0. The fraction of sp³-hybridized carbons (Fsp3) is 0. The van der Waals surface area contributed by atoms with E-state index in [2.05, 4.69) is 5.32 Å². The van der Waals surface area contributed by atoms with E-state index in [9.17, 15) is 9.18 Å². The van der Waals surface area contributed by atoms with Gasteiger partial charge in [0.05, 0.1) is 16.9 Å². The minimum atomic E-state index is -0.382. The first-order valence-electron chi connectivity index (χ1n) is 5.29. The van der Waals surface area contributed by atoms with Crippen molar-refractivity contribution in [1.82, 2.24) is 0 Å². The third-order valence-corrected chi connectivity index (χ3v) is 3.57. The molecule has 0 aliphatic heterocycles. The summed E-state index contributed by atoms with van der Waals surface area (Å²) in [5, 5.41) is 3.16. The molecule has 0 spiro atoms. The minimum absolute atomic E-state index is 0.349. The third kappa shape index (κ3) is 3.36. The smallest absolute Gasteiger partial charge is 0.256 e. The van der Waals surface area contributed by atoms with Gasteiger partial charge in [-0.25, -0.2) is 4.39 Å². The van der Waals surface area contributed by atoms with Crippen LogP contribution in [0.25, 0.3) is 0 Å². The van der Waals surface area contributed by atoms with E-state index in [0.29, 0.717) is 25.5 Å². The molecule has 19 heavy (non-hydrogen) atoms. The maximum Gasteiger partial charge on any atom is 0.256 e. The van der Waals surface area contributed by atoms with Gasteiger partial charge in [-0.15, -0.1) is 0 Å². The molecule has 0 saturated carbocycles. The minimum Gasteiger partial charge on any atom is -0.397 e. The molecule has 0 saturated heterocycles. The molecule has 1 amide bonds. The molecule has 0 unspecified atom stereocenters. The second-order valence-corrected chi connectivity index (χ2v) is 5.41. The Labute approximate surface area is 128 Å². The number of benzene rings is 2. The first kappa shape index (κ1) is 14.1. The summed E-state index contributed by atoms with van der Waals surface area (Å²) < 4.78 is 13.5. The average Bonchev–Trinajstić information content (AvgIpc) is 2.32. The molecule has 0 aliphatic carbocycles. The molecule has 0 aliphatic rings. The highest BCUT2D eigenvalue weighted by Gasteiger charge is 2.12. The van der Waals surface area contributed by atoms with Crippen molar-refractivity contribution >= 4 is 51.5 Å². The van der Waals surface area contributed by atoms with E-state index in [4.69, 9.17) is 17.3 Å².